The summed E-state index contributed by atoms with van der Waals surface area (Å²) in [5.74, 6) is -0.272. The number of anilines is 1. The van der Waals surface area contributed by atoms with Gasteiger partial charge in [0.1, 0.15) is 0 Å². The normalized spacial score (nSPS) is 10.1. The van der Waals surface area contributed by atoms with Gasteiger partial charge in [-0.15, -0.1) is 0 Å². The van der Waals surface area contributed by atoms with Crippen LogP contribution in [0, 0.1) is 14.9 Å². The van der Waals surface area contributed by atoms with E-state index in [0.717, 1.165) is 9.13 Å². The average Bonchev–Trinajstić information content (AvgIpc) is 2.64. The molecule has 5 heteroatoms. The van der Waals surface area contributed by atoms with Crippen molar-refractivity contribution in [1.82, 2.24) is 0 Å². The van der Waals surface area contributed by atoms with E-state index in [9.17, 15) is 10.1 Å². The van der Waals surface area contributed by atoms with Crippen molar-refractivity contribution in [3.63, 3.8) is 0 Å². The topological polar surface area (TPSA) is 52.9 Å². The van der Waals surface area contributed by atoms with Crippen molar-refractivity contribution in [2.45, 2.75) is 0 Å². The van der Waals surface area contributed by atoms with Crippen molar-refractivity contribution in [2.75, 3.05) is 5.32 Å². The van der Waals surface area contributed by atoms with Gasteiger partial charge in [-0.05, 0) is 58.5 Å². The quantitative estimate of drug-likeness (QED) is 0.509. The Morgan fingerprint density at radius 3 is 2.40 bits per heavy atom. The molecule has 0 bridgehead atoms. The monoisotopic (exact) mass is 458 g/mol. The Hall–Kier alpha value is -2.36. The zero-order valence-corrected chi connectivity index (χ0v) is 15.9. The summed E-state index contributed by atoms with van der Waals surface area (Å²) in [5.41, 5.74) is 2.99. The maximum absolute atomic E-state index is 12.8. The summed E-state index contributed by atoms with van der Waals surface area (Å²) < 4.78 is 0.990. The number of benzene rings is 3. The molecule has 0 atom stereocenters. The molecule has 25 heavy (non-hydrogen) atoms. The lowest BCUT2D eigenvalue weighted by atomic mass is 9.95. The van der Waals surface area contributed by atoms with Crippen molar-refractivity contribution < 1.29 is 4.79 Å². The van der Waals surface area contributed by atoms with E-state index in [1.54, 1.807) is 36.4 Å². The van der Waals surface area contributed by atoms with Gasteiger partial charge in [-0.25, -0.2) is 0 Å². The van der Waals surface area contributed by atoms with Gasteiger partial charge in [0.15, 0.2) is 0 Å². The van der Waals surface area contributed by atoms with E-state index in [1.165, 1.54) is 0 Å². The molecule has 122 valence electrons. The summed E-state index contributed by atoms with van der Waals surface area (Å²) >= 11 is 8.36. The highest BCUT2D eigenvalue weighted by molar-refractivity contribution is 14.1. The minimum atomic E-state index is -0.272. The molecule has 0 fully saturated rings. The highest BCUT2D eigenvalue weighted by atomic mass is 127. The standard InChI is InChI=1S/C20H12ClIN2O/c21-18-11-14(22)9-10-19(18)24-20(25)17-8-4-3-7-16(17)15-6-2-1-5-13(15)12-23/h1-11H,(H,24,25). The number of halogens is 2. The fraction of sp³-hybridized carbons (Fsp3) is 0. The van der Waals surface area contributed by atoms with Crippen LogP contribution < -0.4 is 5.32 Å². The summed E-state index contributed by atoms with van der Waals surface area (Å²) in [6.07, 6.45) is 0. The molecule has 0 radical (unpaired) electrons. The second kappa shape index (κ2) is 7.68. The van der Waals surface area contributed by atoms with Crippen LogP contribution in [0.5, 0.6) is 0 Å². The van der Waals surface area contributed by atoms with Crippen LogP contribution in [0.2, 0.25) is 5.02 Å². The molecular weight excluding hydrogens is 447 g/mol. The number of nitrogens with one attached hydrogen (secondary N) is 1. The Balaban J connectivity index is 2.01. The molecule has 1 N–H and O–H groups in total. The minimum Gasteiger partial charge on any atom is -0.321 e. The first kappa shape index (κ1) is 17.5. The van der Waals surface area contributed by atoms with E-state index < -0.39 is 0 Å². The summed E-state index contributed by atoms with van der Waals surface area (Å²) in [4.78, 5) is 12.8. The van der Waals surface area contributed by atoms with E-state index >= 15 is 0 Å². The van der Waals surface area contributed by atoms with Crippen molar-refractivity contribution in [3.8, 4) is 17.2 Å². The largest absolute Gasteiger partial charge is 0.321 e. The van der Waals surface area contributed by atoms with Crippen LogP contribution in [0.1, 0.15) is 15.9 Å². The first-order valence-corrected chi connectivity index (χ1v) is 8.91. The number of hydrogen-bond donors (Lipinski definition) is 1. The average molecular weight is 459 g/mol. The van der Waals surface area contributed by atoms with Crippen LogP contribution in [0.25, 0.3) is 11.1 Å². The lowest BCUT2D eigenvalue weighted by Crippen LogP contribution is -2.13. The van der Waals surface area contributed by atoms with Crippen molar-refractivity contribution in [3.05, 3.63) is 86.4 Å². The van der Waals surface area contributed by atoms with Crippen molar-refractivity contribution >= 4 is 45.8 Å². The summed E-state index contributed by atoms with van der Waals surface area (Å²) in [6.45, 7) is 0. The molecule has 3 aromatic carbocycles. The van der Waals surface area contributed by atoms with E-state index in [4.69, 9.17) is 11.6 Å². The van der Waals surface area contributed by atoms with Crippen LogP contribution in [0.15, 0.2) is 66.7 Å². The molecule has 3 aromatic rings. The molecule has 0 aliphatic rings. The highest BCUT2D eigenvalue weighted by Gasteiger charge is 2.15. The molecule has 1 amide bonds. The Labute approximate surface area is 164 Å². The number of carbonyl (C=O) groups is 1. The molecule has 0 unspecified atom stereocenters. The summed E-state index contributed by atoms with van der Waals surface area (Å²) in [7, 11) is 0. The first-order valence-electron chi connectivity index (χ1n) is 7.45. The lowest BCUT2D eigenvalue weighted by molar-refractivity contribution is 0.102. The molecule has 3 nitrogen and oxygen atoms in total. The van der Waals surface area contributed by atoms with Crippen molar-refractivity contribution in [2.24, 2.45) is 0 Å². The second-order valence-corrected chi connectivity index (χ2v) is 6.93. The zero-order valence-electron chi connectivity index (χ0n) is 13.0. The van der Waals surface area contributed by atoms with Gasteiger partial charge in [0, 0.05) is 14.7 Å². The van der Waals surface area contributed by atoms with Gasteiger partial charge in [-0.2, -0.15) is 5.26 Å². The van der Waals surface area contributed by atoms with Crippen LogP contribution >= 0.6 is 34.2 Å². The van der Waals surface area contributed by atoms with Gasteiger partial charge >= 0.3 is 0 Å². The fourth-order valence-electron chi connectivity index (χ4n) is 2.51. The van der Waals surface area contributed by atoms with Crippen molar-refractivity contribution in [1.29, 1.82) is 5.26 Å². The Bertz CT molecular complexity index is 995. The van der Waals surface area contributed by atoms with Gasteiger partial charge in [-0.3, -0.25) is 4.79 Å². The molecule has 0 aromatic heterocycles. The number of rotatable bonds is 3. The molecule has 3 rings (SSSR count). The first-order chi connectivity index (χ1) is 12.1. The van der Waals surface area contributed by atoms with Crippen LogP contribution in [-0.4, -0.2) is 5.91 Å². The highest BCUT2D eigenvalue weighted by Crippen LogP contribution is 2.29. The molecule has 0 aliphatic carbocycles. The third-order valence-corrected chi connectivity index (χ3v) is 4.67. The Morgan fingerprint density at radius 1 is 1.00 bits per heavy atom. The maximum atomic E-state index is 12.8. The SMILES string of the molecule is N#Cc1ccccc1-c1ccccc1C(=O)Nc1ccc(I)cc1Cl. The predicted molar refractivity (Wildman–Crippen MR) is 109 cm³/mol. The second-order valence-electron chi connectivity index (χ2n) is 5.28. The number of hydrogen-bond acceptors (Lipinski definition) is 2. The smallest absolute Gasteiger partial charge is 0.256 e. The van der Waals surface area contributed by atoms with Crippen LogP contribution in [0.3, 0.4) is 0 Å². The van der Waals surface area contributed by atoms with Gasteiger partial charge in [0.05, 0.1) is 22.3 Å². The molecule has 0 saturated carbocycles. The lowest BCUT2D eigenvalue weighted by Gasteiger charge is -2.12. The Morgan fingerprint density at radius 2 is 1.68 bits per heavy atom. The molecule has 0 saturated heterocycles. The van der Waals surface area contributed by atoms with Crippen LogP contribution in [0.4, 0.5) is 5.69 Å². The third-order valence-electron chi connectivity index (χ3n) is 3.69. The number of nitrogens with zero attached hydrogens (tertiary/aromatic N) is 1. The molecule has 0 aliphatic heterocycles. The van der Waals surface area contributed by atoms with Gasteiger partial charge in [0.2, 0.25) is 0 Å². The molecule has 0 spiro atoms. The predicted octanol–water partition coefficient (Wildman–Crippen LogP) is 5.74. The zero-order chi connectivity index (χ0) is 17.8. The fourth-order valence-corrected chi connectivity index (χ4v) is 3.42. The molecular formula is C20H12ClIN2O. The van der Waals surface area contributed by atoms with Gasteiger partial charge < -0.3 is 5.32 Å². The van der Waals surface area contributed by atoms with Gasteiger partial charge in [-0.1, -0.05) is 48.0 Å². The maximum Gasteiger partial charge on any atom is 0.256 e. The number of amides is 1. The van der Waals surface area contributed by atoms with Crippen LogP contribution in [-0.2, 0) is 0 Å². The van der Waals surface area contributed by atoms with Gasteiger partial charge in [0.25, 0.3) is 5.91 Å². The van der Waals surface area contributed by atoms with E-state index in [1.807, 2.05) is 30.3 Å². The summed E-state index contributed by atoms with van der Waals surface area (Å²) in [5, 5.41) is 12.7. The van der Waals surface area contributed by atoms with E-state index in [2.05, 4.69) is 34.0 Å². The minimum absolute atomic E-state index is 0.272. The summed E-state index contributed by atoms with van der Waals surface area (Å²) in [6, 6.07) is 22.0. The molecule has 0 heterocycles. The Kier molecular flexibility index (Phi) is 5.37. The number of carbonyl (C=O) groups excluding carboxylic acids is 1. The van der Waals surface area contributed by atoms with E-state index in [-0.39, 0.29) is 5.91 Å². The number of nitriles is 1. The van der Waals surface area contributed by atoms with E-state index in [0.29, 0.717) is 27.4 Å². The third kappa shape index (κ3) is 3.84.